The van der Waals surface area contributed by atoms with Gasteiger partial charge in [0.25, 0.3) is 0 Å². The molecule has 94 valence electrons. The number of benzene rings is 1. The van der Waals surface area contributed by atoms with Crippen LogP contribution in [0.5, 0.6) is 0 Å². The molecule has 0 spiro atoms. The molecule has 0 saturated heterocycles. The number of hydrogen-bond acceptors (Lipinski definition) is 1. The zero-order chi connectivity index (χ0) is 12.3. The fourth-order valence-corrected chi connectivity index (χ4v) is 3.33. The van der Waals surface area contributed by atoms with E-state index in [1.807, 2.05) is 0 Å². The third kappa shape index (κ3) is 3.10. The van der Waals surface area contributed by atoms with Gasteiger partial charge in [-0.25, -0.2) is 0 Å². The van der Waals surface area contributed by atoms with Gasteiger partial charge in [0.2, 0.25) is 0 Å². The van der Waals surface area contributed by atoms with Crippen LogP contribution < -0.4 is 5.73 Å². The molecule has 0 amide bonds. The molecular weight excluding hydrogens is 206 g/mol. The summed E-state index contributed by atoms with van der Waals surface area (Å²) in [5.41, 5.74) is 8.27. The maximum Gasteiger partial charge on any atom is 0.00754 e. The smallest absolute Gasteiger partial charge is 0.00754 e. The van der Waals surface area contributed by atoms with Crippen molar-refractivity contribution in [2.24, 2.45) is 17.1 Å². The molecule has 1 fully saturated rings. The molecule has 2 unspecified atom stereocenters. The summed E-state index contributed by atoms with van der Waals surface area (Å²) in [6, 6.07) is 11.1. The van der Waals surface area contributed by atoms with Crippen molar-refractivity contribution in [1.82, 2.24) is 0 Å². The molecular formula is C16H25N. The summed E-state index contributed by atoms with van der Waals surface area (Å²) in [5, 5.41) is 0. The average Bonchev–Trinajstić information content (AvgIpc) is 2.67. The van der Waals surface area contributed by atoms with E-state index in [2.05, 4.69) is 44.2 Å². The molecule has 2 rings (SSSR count). The Morgan fingerprint density at radius 1 is 1.29 bits per heavy atom. The molecule has 1 aliphatic rings. The third-order valence-electron chi connectivity index (χ3n) is 4.47. The maximum atomic E-state index is 6.40. The van der Waals surface area contributed by atoms with Crippen LogP contribution in [0.3, 0.4) is 0 Å². The van der Waals surface area contributed by atoms with Crippen LogP contribution in [0.25, 0.3) is 0 Å². The van der Waals surface area contributed by atoms with Crippen LogP contribution >= 0.6 is 0 Å². The predicted octanol–water partition coefficient (Wildman–Crippen LogP) is 3.77. The van der Waals surface area contributed by atoms with Gasteiger partial charge in [0.15, 0.2) is 0 Å². The monoisotopic (exact) mass is 231 g/mol. The summed E-state index contributed by atoms with van der Waals surface area (Å²) in [5.74, 6) is 0.714. The summed E-state index contributed by atoms with van der Waals surface area (Å²) in [4.78, 5) is 0. The topological polar surface area (TPSA) is 26.0 Å². The standard InChI is InChI=1S/C16H25N/c1-16(2)12-6-9-14(16)15(17)11-10-13-7-4-3-5-8-13/h3-5,7-8,14-15H,6,9-12,17H2,1-2H3. The van der Waals surface area contributed by atoms with E-state index in [0.29, 0.717) is 17.4 Å². The van der Waals surface area contributed by atoms with Crippen molar-refractivity contribution in [1.29, 1.82) is 0 Å². The molecule has 1 aromatic rings. The van der Waals surface area contributed by atoms with Crippen LogP contribution in [0.4, 0.5) is 0 Å². The van der Waals surface area contributed by atoms with Crippen molar-refractivity contribution in [2.45, 2.75) is 52.0 Å². The first-order chi connectivity index (χ1) is 8.09. The molecule has 1 nitrogen and oxygen atoms in total. The molecule has 17 heavy (non-hydrogen) atoms. The number of nitrogens with two attached hydrogens (primary N) is 1. The van der Waals surface area contributed by atoms with Gasteiger partial charge in [0, 0.05) is 6.04 Å². The lowest BCUT2D eigenvalue weighted by Crippen LogP contribution is -2.36. The molecule has 1 heteroatoms. The molecule has 0 heterocycles. The highest BCUT2D eigenvalue weighted by Crippen LogP contribution is 2.44. The molecule has 2 atom stereocenters. The quantitative estimate of drug-likeness (QED) is 0.838. The molecule has 0 aliphatic heterocycles. The van der Waals surface area contributed by atoms with E-state index in [-0.39, 0.29) is 0 Å². The van der Waals surface area contributed by atoms with Gasteiger partial charge in [-0.15, -0.1) is 0 Å². The lowest BCUT2D eigenvalue weighted by Gasteiger charge is -2.32. The highest BCUT2D eigenvalue weighted by Gasteiger charge is 2.37. The second-order valence-corrected chi connectivity index (χ2v) is 6.18. The molecule has 1 saturated carbocycles. The van der Waals surface area contributed by atoms with Crippen LogP contribution in [0.15, 0.2) is 30.3 Å². The SMILES string of the molecule is CC1(C)CCCC1C(N)CCc1ccccc1. The predicted molar refractivity (Wildman–Crippen MR) is 73.9 cm³/mol. The van der Waals surface area contributed by atoms with Gasteiger partial charge < -0.3 is 5.73 Å². The van der Waals surface area contributed by atoms with Crippen molar-refractivity contribution < 1.29 is 0 Å². The van der Waals surface area contributed by atoms with Crippen molar-refractivity contribution >= 4 is 0 Å². The Morgan fingerprint density at radius 2 is 2.00 bits per heavy atom. The summed E-state index contributed by atoms with van der Waals surface area (Å²) in [6.45, 7) is 4.76. The molecule has 1 aromatic carbocycles. The highest BCUT2D eigenvalue weighted by atomic mass is 14.7. The number of aryl methyl sites for hydroxylation is 1. The van der Waals surface area contributed by atoms with E-state index in [1.165, 1.54) is 24.8 Å². The Hall–Kier alpha value is -0.820. The Balaban J connectivity index is 1.87. The van der Waals surface area contributed by atoms with Gasteiger partial charge in [-0.3, -0.25) is 0 Å². The molecule has 0 bridgehead atoms. The second kappa shape index (κ2) is 5.22. The average molecular weight is 231 g/mol. The van der Waals surface area contributed by atoms with Gasteiger partial charge in [0.1, 0.15) is 0 Å². The van der Waals surface area contributed by atoms with Gasteiger partial charge in [-0.2, -0.15) is 0 Å². The van der Waals surface area contributed by atoms with E-state index in [1.54, 1.807) is 0 Å². The Kier molecular flexibility index (Phi) is 3.88. The van der Waals surface area contributed by atoms with Gasteiger partial charge >= 0.3 is 0 Å². The summed E-state index contributed by atoms with van der Waals surface area (Å²) >= 11 is 0. The van der Waals surface area contributed by atoms with Crippen molar-refractivity contribution in [3.63, 3.8) is 0 Å². The van der Waals surface area contributed by atoms with Gasteiger partial charge in [0.05, 0.1) is 0 Å². The Bertz CT molecular complexity index is 342. The summed E-state index contributed by atoms with van der Waals surface area (Å²) in [7, 11) is 0. The van der Waals surface area contributed by atoms with E-state index in [9.17, 15) is 0 Å². The number of rotatable bonds is 4. The lowest BCUT2D eigenvalue weighted by molar-refractivity contribution is 0.214. The fourth-order valence-electron chi connectivity index (χ4n) is 3.33. The molecule has 0 aromatic heterocycles. The zero-order valence-electron chi connectivity index (χ0n) is 11.2. The Labute approximate surface area is 105 Å². The van der Waals surface area contributed by atoms with Crippen LogP contribution in [0, 0.1) is 11.3 Å². The molecule has 1 aliphatic carbocycles. The van der Waals surface area contributed by atoms with Gasteiger partial charge in [-0.1, -0.05) is 50.6 Å². The van der Waals surface area contributed by atoms with E-state index < -0.39 is 0 Å². The number of hydrogen-bond donors (Lipinski definition) is 1. The third-order valence-corrected chi connectivity index (χ3v) is 4.47. The summed E-state index contributed by atoms with van der Waals surface area (Å²) in [6.07, 6.45) is 6.27. The fraction of sp³-hybridized carbons (Fsp3) is 0.625. The minimum atomic E-state index is 0.368. The minimum Gasteiger partial charge on any atom is -0.327 e. The molecule has 0 radical (unpaired) electrons. The first-order valence-corrected chi connectivity index (χ1v) is 6.89. The first kappa shape index (κ1) is 12.6. The van der Waals surface area contributed by atoms with Crippen LogP contribution in [-0.2, 0) is 6.42 Å². The van der Waals surface area contributed by atoms with Crippen molar-refractivity contribution in [2.75, 3.05) is 0 Å². The summed E-state index contributed by atoms with van der Waals surface area (Å²) < 4.78 is 0. The maximum absolute atomic E-state index is 6.40. The van der Waals surface area contributed by atoms with Crippen LogP contribution in [-0.4, -0.2) is 6.04 Å². The molecule has 2 N–H and O–H groups in total. The van der Waals surface area contributed by atoms with Gasteiger partial charge in [-0.05, 0) is 42.6 Å². The largest absolute Gasteiger partial charge is 0.327 e. The van der Waals surface area contributed by atoms with Crippen molar-refractivity contribution in [3.8, 4) is 0 Å². The minimum absolute atomic E-state index is 0.368. The van der Waals surface area contributed by atoms with E-state index in [4.69, 9.17) is 5.73 Å². The first-order valence-electron chi connectivity index (χ1n) is 6.89. The van der Waals surface area contributed by atoms with E-state index in [0.717, 1.165) is 12.8 Å². The van der Waals surface area contributed by atoms with E-state index >= 15 is 0 Å². The van der Waals surface area contributed by atoms with Crippen LogP contribution in [0.2, 0.25) is 0 Å². The normalized spacial score (nSPS) is 24.8. The zero-order valence-corrected chi connectivity index (χ0v) is 11.2. The lowest BCUT2D eigenvalue weighted by atomic mass is 9.76. The highest BCUT2D eigenvalue weighted by molar-refractivity contribution is 5.14. The van der Waals surface area contributed by atoms with Crippen molar-refractivity contribution in [3.05, 3.63) is 35.9 Å². The Morgan fingerprint density at radius 3 is 2.59 bits per heavy atom. The second-order valence-electron chi connectivity index (χ2n) is 6.18. The van der Waals surface area contributed by atoms with Crippen LogP contribution in [0.1, 0.15) is 45.1 Å².